The Morgan fingerprint density at radius 3 is 2.20 bits per heavy atom. The highest BCUT2D eigenvalue weighted by Crippen LogP contribution is 2.27. The zero-order chi connectivity index (χ0) is 10.7. The summed E-state index contributed by atoms with van der Waals surface area (Å²) in [5, 5.41) is 1.50. The van der Waals surface area contributed by atoms with E-state index in [0.717, 1.165) is 6.04 Å². The Labute approximate surface area is 98.4 Å². The fourth-order valence-corrected chi connectivity index (χ4v) is 3.22. The molecule has 0 unspecified atom stereocenters. The molecule has 2 saturated heterocycles. The lowest BCUT2D eigenvalue weighted by molar-refractivity contribution is 0.142. The SMILES string of the molecule is CS[C-](C)N1CCC(N2CCCC2)CC1. The second kappa shape index (κ2) is 5.55. The molecular weight excluding hydrogens is 204 g/mol. The number of nitrogens with zero attached hydrogens (tertiary/aromatic N) is 2. The van der Waals surface area contributed by atoms with E-state index in [-0.39, 0.29) is 0 Å². The maximum atomic E-state index is 2.71. The normalized spacial score (nSPS) is 26.6. The topological polar surface area (TPSA) is 6.48 Å². The molecule has 2 heterocycles. The summed E-state index contributed by atoms with van der Waals surface area (Å²) in [6.45, 7) is 7.51. The van der Waals surface area contributed by atoms with Crippen molar-refractivity contribution >= 4 is 11.8 Å². The van der Waals surface area contributed by atoms with Gasteiger partial charge in [-0.1, -0.05) is 0 Å². The third-order valence-corrected chi connectivity index (χ3v) is 4.71. The van der Waals surface area contributed by atoms with Gasteiger partial charge in [0.1, 0.15) is 0 Å². The summed E-state index contributed by atoms with van der Waals surface area (Å²) in [7, 11) is 0. The molecule has 0 N–H and O–H groups in total. The van der Waals surface area contributed by atoms with Crippen LogP contribution in [0.1, 0.15) is 32.6 Å². The van der Waals surface area contributed by atoms with E-state index in [4.69, 9.17) is 0 Å². The third kappa shape index (κ3) is 2.89. The molecule has 0 bridgehead atoms. The van der Waals surface area contributed by atoms with Crippen LogP contribution in [0.25, 0.3) is 0 Å². The van der Waals surface area contributed by atoms with Gasteiger partial charge in [-0.3, -0.25) is 0 Å². The van der Waals surface area contributed by atoms with Gasteiger partial charge in [0.25, 0.3) is 0 Å². The molecule has 0 aromatic heterocycles. The molecule has 2 nitrogen and oxygen atoms in total. The Morgan fingerprint density at radius 2 is 1.67 bits per heavy atom. The largest absolute Gasteiger partial charge is 0.444 e. The van der Waals surface area contributed by atoms with Crippen LogP contribution in [0.15, 0.2) is 0 Å². The molecule has 88 valence electrons. The first-order valence-electron chi connectivity index (χ1n) is 6.18. The van der Waals surface area contributed by atoms with E-state index in [9.17, 15) is 0 Å². The van der Waals surface area contributed by atoms with E-state index in [1.54, 1.807) is 0 Å². The predicted octanol–water partition coefficient (Wildman–Crippen LogP) is 2.42. The second-order valence-electron chi connectivity index (χ2n) is 4.68. The monoisotopic (exact) mass is 227 g/mol. The number of hydrogen-bond acceptors (Lipinski definition) is 3. The van der Waals surface area contributed by atoms with E-state index >= 15 is 0 Å². The lowest BCUT2D eigenvalue weighted by Crippen LogP contribution is -2.44. The summed E-state index contributed by atoms with van der Waals surface area (Å²) in [5.41, 5.74) is 0. The quantitative estimate of drug-likeness (QED) is 0.684. The van der Waals surface area contributed by atoms with E-state index in [1.165, 1.54) is 57.2 Å². The van der Waals surface area contributed by atoms with Crippen molar-refractivity contribution in [3.8, 4) is 0 Å². The molecule has 2 rings (SSSR count). The van der Waals surface area contributed by atoms with Gasteiger partial charge in [-0.25, -0.2) is 5.37 Å². The summed E-state index contributed by atoms with van der Waals surface area (Å²) in [5.74, 6) is 0. The predicted molar refractivity (Wildman–Crippen MR) is 67.8 cm³/mol. The van der Waals surface area contributed by atoms with Crippen molar-refractivity contribution in [3.05, 3.63) is 5.37 Å². The lowest BCUT2D eigenvalue weighted by Gasteiger charge is -2.47. The van der Waals surface area contributed by atoms with Gasteiger partial charge in [0.2, 0.25) is 0 Å². The Bertz CT molecular complexity index is 184. The summed E-state index contributed by atoms with van der Waals surface area (Å²) < 4.78 is 0. The van der Waals surface area contributed by atoms with Crippen molar-refractivity contribution in [2.24, 2.45) is 0 Å². The minimum Gasteiger partial charge on any atom is -0.444 e. The maximum Gasteiger partial charge on any atom is 0.0118 e. The van der Waals surface area contributed by atoms with Crippen LogP contribution in [0.5, 0.6) is 0 Å². The zero-order valence-electron chi connectivity index (χ0n) is 10.0. The molecule has 0 atom stereocenters. The standard InChI is InChI=1S/C12H23N2S/c1-11(15-2)13-9-5-12(6-10-13)14-7-3-4-8-14/h12H,3-10H2,1-2H3/q-1. The number of rotatable bonds is 3. The van der Waals surface area contributed by atoms with Gasteiger partial charge in [0.15, 0.2) is 0 Å². The smallest absolute Gasteiger partial charge is 0.0118 e. The van der Waals surface area contributed by atoms with Crippen LogP contribution in [0.2, 0.25) is 0 Å². The molecule has 2 fully saturated rings. The van der Waals surface area contributed by atoms with E-state index < -0.39 is 0 Å². The first-order chi connectivity index (χ1) is 7.31. The molecular formula is C12H23N2S-. The Morgan fingerprint density at radius 1 is 1.07 bits per heavy atom. The highest BCUT2D eigenvalue weighted by molar-refractivity contribution is 8.01. The molecule has 15 heavy (non-hydrogen) atoms. The van der Waals surface area contributed by atoms with E-state index in [1.807, 2.05) is 11.8 Å². The van der Waals surface area contributed by atoms with Crippen LogP contribution in [0.3, 0.4) is 0 Å². The van der Waals surface area contributed by atoms with Crippen LogP contribution in [0.4, 0.5) is 0 Å². The van der Waals surface area contributed by atoms with E-state index in [0.29, 0.717) is 0 Å². The molecule has 0 spiro atoms. The van der Waals surface area contributed by atoms with Gasteiger partial charge < -0.3 is 21.6 Å². The molecule has 0 aromatic rings. The highest BCUT2D eigenvalue weighted by Gasteiger charge is 2.24. The molecule has 2 aliphatic rings. The van der Waals surface area contributed by atoms with Crippen LogP contribution in [-0.2, 0) is 0 Å². The minimum atomic E-state index is 0.887. The van der Waals surface area contributed by atoms with Crippen molar-refractivity contribution in [2.45, 2.75) is 38.6 Å². The van der Waals surface area contributed by atoms with Crippen LogP contribution in [-0.4, -0.2) is 48.3 Å². The van der Waals surface area contributed by atoms with Gasteiger partial charge in [-0.2, -0.15) is 6.92 Å². The molecule has 0 amide bonds. The van der Waals surface area contributed by atoms with Crippen molar-refractivity contribution in [3.63, 3.8) is 0 Å². The van der Waals surface area contributed by atoms with Gasteiger partial charge in [0.05, 0.1) is 0 Å². The molecule has 0 aromatic carbocycles. The van der Waals surface area contributed by atoms with Crippen LogP contribution in [0, 0.1) is 5.37 Å². The van der Waals surface area contributed by atoms with Crippen LogP contribution < -0.4 is 0 Å². The molecule has 2 aliphatic heterocycles. The number of piperidine rings is 1. The molecule has 3 heteroatoms. The average Bonchev–Trinajstić information content (AvgIpc) is 2.82. The van der Waals surface area contributed by atoms with Gasteiger partial charge in [-0.15, -0.1) is 0 Å². The van der Waals surface area contributed by atoms with Gasteiger partial charge >= 0.3 is 0 Å². The maximum absolute atomic E-state index is 2.71. The van der Waals surface area contributed by atoms with Crippen LogP contribution >= 0.6 is 11.8 Å². The highest BCUT2D eigenvalue weighted by atomic mass is 32.2. The Kier molecular flexibility index (Phi) is 4.35. The molecule has 0 aliphatic carbocycles. The number of thioether (sulfide) groups is 1. The number of hydrogen-bond donors (Lipinski definition) is 0. The average molecular weight is 227 g/mol. The second-order valence-corrected chi connectivity index (χ2v) is 5.68. The molecule has 0 saturated carbocycles. The summed E-state index contributed by atoms with van der Waals surface area (Å²) in [6.07, 6.45) is 7.78. The molecule has 0 radical (unpaired) electrons. The van der Waals surface area contributed by atoms with Crippen molar-refractivity contribution in [1.82, 2.24) is 9.80 Å². The number of likely N-dealkylation sites (tertiary alicyclic amines) is 2. The third-order valence-electron chi connectivity index (χ3n) is 3.86. The van der Waals surface area contributed by atoms with E-state index in [2.05, 4.69) is 23.0 Å². The van der Waals surface area contributed by atoms with Gasteiger partial charge in [-0.05, 0) is 58.1 Å². The fourth-order valence-electron chi connectivity index (χ4n) is 2.78. The van der Waals surface area contributed by atoms with Crippen molar-refractivity contribution < 1.29 is 0 Å². The zero-order valence-corrected chi connectivity index (χ0v) is 10.9. The van der Waals surface area contributed by atoms with Crippen molar-refractivity contribution in [1.29, 1.82) is 0 Å². The Hall–Kier alpha value is 0.270. The first-order valence-corrected chi connectivity index (χ1v) is 7.40. The Balaban J connectivity index is 1.76. The van der Waals surface area contributed by atoms with Crippen molar-refractivity contribution in [2.75, 3.05) is 32.4 Å². The minimum absolute atomic E-state index is 0.887. The fraction of sp³-hybridized carbons (Fsp3) is 0.917. The van der Waals surface area contributed by atoms with Gasteiger partial charge in [0, 0.05) is 6.04 Å². The lowest BCUT2D eigenvalue weighted by atomic mass is 10.0. The summed E-state index contributed by atoms with van der Waals surface area (Å²) in [4.78, 5) is 5.27. The summed E-state index contributed by atoms with van der Waals surface area (Å²) in [6, 6.07) is 0.887. The summed E-state index contributed by atoms with van der Waals surface area (Å²) >= 11 is 1.89. The first kappa shape index (κ1) is 11.7.